The Morgan fingerprint density at radius 1 is 1.07 bits per heavy atom. The first-order chi connectivity index (χ1) is 13.3. The highest BCUT2D eigenvalue weighted by Crippen LogP contribution is 2.16. The Balaban J connectivity index is 1.69. The van der Waals surface area contributed by atoms with Crippen LogP contribution in [-0.2, 0) is 11.3 Å². The van der Waals surface area contributed by atoms with E-state index in [1.165, 1.54) is 0 Å². The van der Waals surface area contributed by atoms with E-state index in [1.54, 1.807) is 4.68 Å². The van der Waals surface area contributed by atoms with Crippen molar-refractivity contribution in [2.24, 2.45) is 0 Å². The maximum Gasteiger partial charge on any atom is 0.252 e. The second-order valence-electron chi connectivity index (χ2n) is 6.88. The molecule has 3 rings (SSSR count). The van der Waals surface area contributed by atoms with Gasteiger partial charge in [0, 0.05) is 28.5 Å². The summed E-state index contributed by atoms with van der Waals surface area (Å²) >= 11 is 3.43. The molecule has 0 saturated carbocycles. The smallest absolute Gasteiger partial charge is 0.252 e. The van der Waals surface area contributed by atoms with E-state index >= 15 is 0 Å². The number of hydrogen-bond acceptors (Lipinski definition) is 5. The minimum Gasteiger partial charge on any atom is -0.309 e. The van der Waals surface area contributed by atoms with Crippen LogP contribution in [0.25, 0.3) is 5.95 Å². The fraction of sp³-hybridized carbons (Fsp3) is 0.300. The molecule has 0 spiro atoms. The molecule has 0 atom stereocenters. The van der Waals surface area contributed by atoms with Crippen LogP contribution >= 0.6 is 15.9 Å². The third-order valence-corrected chi connectivity index (χ3v) is 4.57. The quantitative estimate of drug-likeness (QED) is 0.632. The summed E-state index contributed by atoms with van der Waals surface area (Å²) in [6, 6.07) is 11.8. The number of likely N-dealkylation sites (N-methyl/N-ethyl adjacent to an activating group) is 1. The maximum absolute atomic E-state index is 12.6. The van der Waals surface area contributed by atoms with E-state index in [1.807, 2.05) is 69.1 Å². The molecule has 28 heavy (non-hydrogen) atoms. The van der Waals surface area contributed by atoms with Crippen molar-refractivity contribution in [2.75, 3.05) is 18.9 Å². The molecule has 3 aromatic rings. The Hall–Kier alpha value is -2.58. The van der Waals surface area contributed by atoms with E-state index < -0.39 is 0 Å². The molecule has 0 aliphatic carbocycles. The summed E-state index contributed by atoms with van der Waals surface area (Å²) in [6.07, 6.45) is 0. The molecule has 1 N–H and O–H groups in total. The molecule has 0 fully saturated rings. The average Bonchev–Trinajstić information content (AvgIpc) is 2.96. The van der Waals surface area contributed by atoms with Gasteiger partial charge in [-0.2, -0.15) is 9.78 Å². The van der Waals surface area contributed by atoms with Crippen molar-refractivity contribution in [2.45, 2.75) is 27.3 Å². The van der Waals surface area contributed by atoms with Crippen LogP contribution in [0.15, 0.2) is 40.9 Å². The van der Waals surface area contributed by atoms with Crippen LogP contribution < -0.4 is 5.32 Å². The lowest BCUT2D eigenvalue weighted by Crippen LogP contribution is -2.30. The van der Waals surface area contributed by atoms with E-state index in [9.17, 15) is 4.79 Å². The predicted octanol–water partition coefficient (Wildman–Crippen LogP) is 3.42. The molecule has 0 bridgehead atoms. The Kier molecular flexibility index (Phi) is 6.21. The summed E-state index contributed by atoms with van der Waals surface area (Å²) in [6.45, 7) is 6.62. The number of amides is 1. The summed E-state index contributed by atoms with van der Waals surface area (Å²) in [7, 11) is 1.91. The van der Waals surface area contributed by atoms with Gasteiger partial charge in [0.1, 0.15) is 5.82 Å². The van der Waals surface area contributed by atoms with Crippen LogP contribution in [0.2, 0.25) is 0 Å². The number of rotatable bonds is 6. The Morgan fingerprint density at radius 3 is 2.36 bits per heavy atom. The first-order valence-electron chi connectivity index (χ1n) is 8.92. The second kappa shape index (κ2) is 8.62. The van der Waals surface area contributed by atoms with Crippen molar-refractivity contribution in [1.82, 2.24) is 24.6 Å². The number of nitrogens with zero attached hydrogens (tertiary/aromatic N) is 5. The third-order valence-electron chi connectivity index (χ3n) is 4.04. The number of nitrogens with one attached hydrogen (secondary N) is 1. The minimum atomic E-state index is -0.120. The third kappa shape index (κ3) is 5.24. The summed E-state index contributed by atoms with van der Waals surface area (Å²) < 4.78 is 2.61. The zero-order valence-electron chi connectivity index (χ0n) is 16.4. The van der Waals surface area contributed by atoms with E-state index in [2.05, 4.69) is 36.3 Å². The van der Waals surface area contributed by atoms with Crippen molar-refractivity contribution in [3.8, 4) is 5.95 Å². The van der Waals surface area contributed by atoms with Gasteiger partial charge in [-0.15, -0.1) is 0 Å². The highest BCUT2D eigenvalue weighted by Gasteiger charge is 2.15. The summed E-state index contributed by atoms with van der Waals surface area (Å²) in [4.78, 5) is 23.4. The average molecular weight is 443 g/mol. The van der Waals surface area contributed by atoms with Crippen LogP contribution in [0.5, 0.6) is 0 Å². The fourth-order valence-corrected chi connectivity index (χ4v) is 3.19. The van der Waals surface area contributed by atoms with E-state index in [4.69, 9.17) is 0 Å². The topological polar surface area (TPSA) is 75.9 Å². The molecule has 2 heterocycles. The second-order valence-corrected chi connectivity index (χ2v) is 7.80. The van der Waals surface area contributed by atoms with Crippen molar-refractivity contribution >= 4 is 27.7 Å². The summed E-state index contributed by atoms with van der Waals surface area (Å²) in [5, 5.41) is 7.36. The molecule has 0 radical (unpaired) electrons. The molecule has 1 amide bonds. The Morgan fingerprint density at radius 2 is 1.71 bits per heavy atom. The number of carbonyl (C=O) groups is 1. The minimum absolute atomic E-state index is 0.120. The van der Waals surface area contributed by atoms with E-state index in [-0.39, 0.29) is 12.5 Å². The predicted molar refractivity (Wildman–Crippen MR) is 112 cm³/mol. The largest absolute Gasteiger partial charge is 0.309 e. The number of halogens is 1. The normalized spacial score (nSPS) is 11.1. The van der Waals surface area contributed by atoms with E-state index in [0.29, 0.717) is 18.3 Å². The van der Waals surface area contributed by atoms with Gasteiger partial charge in [-0.05, 0) is 51.6 Å². The van der Waals surface area contributed by atoms with Gasteiger partial charge in [0.15, 0.2) is 0 Å². The molecule has 146 valence electrons. The zero-order valence-corrected chi connectivity index (χ0v) is 18.0. The number of anilines is 1. The molecule has 0 unspecified atom stereocenters. The van der Waals surface area contributed by atoms with Crippen LogP contribution in [0.4, 0.5) is 5.82 Å². The number of aromatic nitrogens is 4. The highest BCUT2D eigenvalue weighted by atomic mass is 79.9. The van der Waals surface area contributed by atoms with Crippen molar-refractivity contribution < 1.29 is 4.79 Å². The lowest BCUT2D eigenvalue weighted by atomic mass is 10.2. The number of hydrogen-bond donors (Lipinski definition) is 1. The first kappa shape index (κ1) is 20.2. The lowest BCUT2D eigenvalue weighted by Gasteiger charge is -2.16. The summed E-state index contributed by atoms with van der Waals surface area (Å²) in [5.41, 5.74) is 3.62. The molecule has 0 aliphatic rings. The number of carbonyl (C=O) groups excluding carboxylic acids is 1. The van der Waals surface area contributed by atoms with Crippen LogP contribution in [0.1, 0.15) is 22.6 Å². The van der Waals surface area contributed by atoms with Crippen LogP contribution in [-0.4, -0.2) is 44.1 Å². The van der Waals surface area contributed by atoms with Crippen molar-refractivity contribution in [1.29, 1.82) is 0 Å². The lowest BCUT2D eigenvalue weighted by molar-refractivity contribution is -0.117. The monoisotopic (exact) mass is 442 g/mol. The van der Waals surface area contributed by atoms with Gasteiger partial charge in [0.05, 0.1) is 12.2 Å². The Bertz CT molecular complexity index is 963. The van der Waals surface area contributed by atoms with E-state index in [0.717, 1.165) is 27.1 Å². The van der Waals surface area contributed by atoms with Crippen molar-refractivity contribution in [3.05, 3.63) is 63.5 Å². The molecule has 7 nitrogen and oxygen atoms in total. The van der Waals surface area contributed by atoms with Gasteiger partial charge in [0.2, 0.25) is 5.91 Å². The molecule has 0 saturated heterocycles. The maximum atomic E-state index is 12.6. The van der Waals surface area contributed by atoms with Crippen LogP contribution in [0.3, 0.4) is 0 Å². The van der Waals surface area contributed by atoms with Gasteiger partial charge in [-0.25, -0.2) is 9.97 Å². The Labute approximate surface area is 172 Å². The molecule has 0 aliphatic heterocycles. The van der Waals surface area contributed by atoms with Gasteiger partial charge in [-0.3, -0.25) is 9.69 Å². The van der Waals surface area contributed by atoms with Crippen molar-refractivity contribution in [3.63, 3.8) is 0 Å². The standard InChI is InChI=1S/C20H23BrN6O/c1-13-9-14(2)23-20(22-13)27-18(10-15(3)25-27)24-19(28)12-26(4)11-16-5-7-17(21)8-6-16/h5-10H,11-12H2,1-4H3,(H,24,28). The van der Waals surface area contributed by atoms with Crippen LogP contribution in [0, 0.1) is 20.8 Å². The SMILES string of the molecule is Cc1cc(C)nc(-n2nc(C)cc2NC(=O)CN(C)Cc2ccc(Br)cc2)n1. The van der Waals surface area contributed by atoms with Gasteiger partial charge >= 0.3 is 0 Å². The molecular weight excluding hydrogens is 420 g/mol. The van der Waals surface area contributed by atoms with Gasteiger partial charge in [0.25, 0.3) is 5.95 Å². The summed E-state index contributed by atoms with van der Waals surface area (Å²) in [5.74, 6) is 0.888. The fourth-order valence-electron chi connectivity index (χ4n) is 2.93. The number of benzene rings is 1. The molecular formula is C20H23BrN6O. The zero-order chi connectivity index (χ0) is 20.3. The number of aryl methyl sites for hydroxylation is 3. The highest BCUT2D eigenvalue weighted by molar-refractivity contribution is 9.10. The molecule has 2 aromatic heterocycles. The van der Waals surface area contributed by atoms with Gasteiger partial charge < -0.3 is 5.32 Å². The first-order valence-corrected chi connectivity index (χ1v) is 9.71. The molecule has 8 heteroatoms. The molecule has 1 aromatic carbocycles. The van der Waals surface area contributed by atoms with Gasteiger partial charge in [-0.1, -0.05) is 28.1 Å².